The molecular formula is C17H15FINO. The van der Waals surface area contributed by atoms with Crippen LogP contribution in [0.3, 0.4) is 0 Å². The Labute approximate surface area is 136 Å². The fourth-order valence-corrected chi connectivity index (χ4v) is 2.86. The molecule has 1 amide bonds. The second-order valence-corrected chi connectivity index (χ2v) is 6.56. The van der Waals surface area contributed by atoms with Crippen LogP contribution in [0.1, 0.15) is 40.2 Å². The molecule has 0 aromatic heterocycles. The maximum absolute atomic E-state index is 13.7. The summed E-state index contributed by atoms with van der Waals surface area (Å²) in [5.41, 5.74) is 3.16. The summed E-state index contributed by atoms with van der Waals surface area (Å²) in [7, 11) is 0. The van der Waals surface area contributed by atoms with Crippen molar-refractivity contribution in [3.63, 3.8) is 0 Å². The molecule has 1 N–H and O–H groups in total. The minimum Gasteiger partial charge on any atom is -0.322 e. The van der Waals surface area contributed by atoms with Crippen molar-refractivity contribution < 1.29 is 9.18 Å². The molecular weight excluding hydrogens is 380 g/mol. The van der Waals surface area contributed by atoms with Crippen LogP contribution in [0.25, 0.3) is 0 Å². The first kappa shape index (κ1) is 14.5. The van der Waals surface area contributed by atoms with Crippen LogP contribution in [0.4, 0.5) is 10.1 Å². The van der Waals surface area contributed by atoms with E-state index >= 15 is 0 Å². The maximum Gasteiger partial charge on any atom is 0.258 e. The first-order valence-corrected chi connectivity index (χ1v) is 8.00. The summed E-state index contributed by atoms with van der Waals surface area (Å²) in [6.07, 6.45) is 2.31. The highest BCUT2D eigenvalue weighted by atomic mass is 127. The molecule has 1 aliphatic carbocycles. The molecule has 108 valence electrons. The lowest BCUT2D eigenvalue weighted by molar-refractivity contribution is 0.102. The van der Waals surface area contributed by atoms with E-state index in [1.165, 1.54) is 15.7 Å². The van der Waals surface area contributed by atoms with E-state index in [9.17, 15) is 9.18 Å². The Bertz CT molecular complexity index is 710. The van der Waals surface area contributed by atoms with Crippen molar-refractivity contribution in [1.29, 1.82) is 0 Å². The molecule has 1 fully saturated rings. The largest absolute Gasteiger partial charge is 0.322 e. The van der Waals surface area contributed by atoms with Gasteiger partial charge in [-0.05, 0) is 83.7 Å². The second kappa shape index (κ2) is 5.75. The zero-order chi connectivity index (χ0) is 15.0. The van der Waals surface area contributed by atoms with Crippen LogP contribution in [-0.2, 0) is 0 Å². The summed E-state index contributed by atoms with van der Waals surface area (Å²) in [4.78, 5) is 12.3. The number of hydrogen-bond acceptors (Lipinski definition) is 1. The third-order valence-corrected chi connectivity index (χ3v) is 4.88. The Morgan fingerprint density at radius 3 is 2.67 bits per heavy atom. The first-order chi connectivity index (χ1) is 10.1. The Kier molecular flexibility index (Phi) is 3.97. The van der Waals surface area contributed by atoms with Crippen LogP contribution in [0, 0.1) is 16.3 Å². The molecule has 4 heteroatoms. The molecule has 0 aliphatic heterocycles. The highest BCUT2D eigenvalue weighted by molar-refractivity contribution is 14.1. The molecule has 0 bridgehead atoms. The zero-order valence-corrected chi connectivity index (χ0v) is 13.8. The van der Waals surface area contributed by atoms with Gasteiger partial charge in [-0.15, -0.1) is 0 Å². The van der Waals surface area contributed by atoms with Crippen molar-refractivity contribution >= 4 is 34.2 Å². The lowest BCUT2D eigenvalue weighted by Gasteiger charge is -2.13. The molecule has 1 saturated carbocycles. The molecule has 0 radical (unpaired) electrons. The number of nitrogens with one attached hydrogen (secondary N) is 1. The SMILES string of the molecule is Cc1cc(NC(=O)c2ccccc2F)c(C2CC2)cc1I. The van der Waals surface area contributed by atoms with E-state index in [0.717, 1.165) is 29.7 Å². The number of halogens is 2. The van der Waals surface area contributed by atoms with E-state index in [0.29, 0.717) is 5.92 Å². The van der Waals surface area contributed by atoms with Gasteiger partial charge >= 0.3 is 0 Å². The van der Waals surface area contributed by atoms with Gasteiger partial charge in [-0.3, -0.25) is 4.79 Å². The fraction of sp³-hybridized carbons (Fsp3) is 0.235. The highest BCUT2D eigenvalue weighted by Gasteiger charge is 2.27. The third-order valence-electron chi connectivity index (χ3n) is 3.71. The molecule has 0 saturated heterocycles. The summed E-state index contributed by atoms with van der Waals surface area (Å²) in [5.74, 6) is -0.365. The van der Waals surface area contributed by atoms with Crippen molar-refractivity contribution in [2.75, 3.05) is 5.32 Å². The van der Waals surface area contributed by atoms with Gasteiger partial charge in [-0.25, -0.2) is 4.39 Å². The average Bonchev–Trinajstić information content (AvgIpc) is 3.27. The van der Waals surface area contributed by atoms with Gasteiger partial charge in [0, 0.05) is 9.26 Å². The van der Waals surface area contributed by atoms with E-state index in [4.69, 9.17) is 0 Å². The van der Waals surface area contributed by atoms with Gasteiger partial charge in [0.1, 0.15) is 5.82 Å². The highest BCUT2D eigenvalue weighted by Crippen LogP contribution is 2.44. The van der Waals surface area contributed by atoms with Gasteiger partial charge in [-0.1, -0.05) is 12.1 Å². The number of amides is 1. The lowest BCUT2D eigenvalue weighted by atomic mass is 10.0. The molecule has 1 aliphatic rings. The smallest absolute Gasteiger partial charge is 0.258 e. The summed E-state index contributed by atoms with van der Waals surface area (Å²) >= 11 is 2.31. The standard InChI is InChI=1S/C17H15FINO/c1-10-8-16(13(9-15(10)19)11-6-7-11)20-17(21)12-4-2-3-5-14(12)18/h2-5,8-9,11H,6-7H2,1H3,(H,20,21). The average molecular weight is 395 g/mol. The predicted molar refractivity (Wildman–Crippen MR) is 90.2 cm³/mol. The number of aryl methyl sites for hydroxylation is 1. The topological polar surface area (TPSA) is 29.1 Å². The van der Waals surface area contributed by atoms with Crippen LogP contribution in [0.5, 0.6) is 0 Å². The van der Waals surface area contributed by atoms with Crippen molar-refractivity contribution in [3.8, 4) is 0 Å². The quantitative estimate of drug-likeness (QED) is 0.739. The van der Waals surface area contributed by atoms with Crippen LogP contribution < -0.4 is 5.32 Å². The van der Waals surface area contributed by atoms with Crippen molar-refractivity contribution in [1.82, 2.24) is 0 Å². The maximum atomic E-state index is 13.7. The van der Waals surface area contributed by atoms with Gasteiger partial charge in [0.2, 0.25) is 0 Å². The number of carbonyl (C=O) groups is 1. The molecule has 0 heterocycles. The first-order valence-electron chi connectivity index (χ1n) is 6.92. The van der Waals surface area contributed by atoms with Crippen molar-refractivity contribution in [3.05, 3.63) is 62.5 Å². The van der Waals surface area contributed by atoms with Crippen molar-refractivity contribution in [2.45, 2.75) is 25.7 Å². The van der Waals surface area contributed by atoms with Crippen LogP contribution >= 0.6 is 22.6 Å². The molecule has 0 atom stereocenters. The van der Waals surface area contributed by atoms with Crippen LogP contribution in [-0.4, -0.2) is 5.91 Å². The fourth-order valence-electron chi connectivity index (χ4n) is 2.37. The normalized spacial score (nSPS) is 14.0. The van der Waals surface area contributed by atoms with Gasteiger partial charge in [0.15, 0.2) is 0 Å². The Morgan fingerprint density at radius 2 is 2.00 bits per heavy atom. The summed E-state index contributed by atoms with van der Waals surface area (Å²) in [5, 5.41) is 2.87. The second-order valence-electron chi connectivity index (χ2n) is 5.40. The number of hydrogen-bond donors (Lipinski definition) is 1. The zero-order valence-electron chi connectivity index (χ0n) is 11.6. The van der Waals surface area contributed by atoms with E-state index in [2.05, 4.69) is 34.0 Å². The Morgan fingerprint density at radius 1 is 1.29 bits per heavy atom. The van der Waals surface area contributed by atoms with E-state index in [1.807, 2.05) is 13.0 Å². The van der Waals surface area contributed by atoms with Gasteiger partial charge < -0.3 is 5.32 Å². The Balaban J connectivity index is 1.93. The van der Waals surface area contributed by atoms with Gasteiger partial charge in [-0.2, -0.15) is 0 Å². The number of benzene rings is 2. The van der Waals surface area contributed by atoms with E-state index in [-0.39, 0.29) is 5.56 Å². The van der Waals surface area contributed by atoms with Gasteiger partial charge in [0.05, 0.1) is 5.56 Å². The molecule has 0 spiro atoms. The number of carbonyl (C=O) groups excluding carboxylic acids is 1. The monoisotopic (exact) mass is 395 g/mol. The Hall–Kier alpha value is -1.43. The summed E-state index contributed by atoms with van der Waals surface area (Å²) in [6, 6.07) is 10.2. The van der Waals surface area contributed by atoms with Gasteiger partial charge in [0.25, 0.3) is 5.91 Å². The predicted octanol–water partition coefficient (Wildman–Crippen LogP) is 4.87. The summed E-state index contributed by atoms with van der Waals surface area (Å²) < 4.78 is 14.9. The van der Waals surface area contributed by atoms with Crippen LogP contribution in [0.2, 0.25) is 0 Å². The molecule has 3 rings (SSSR count). The lowest BCUT2D eigenvalue weighted by Crippen LogP contribution is -2.15. The minimum absolute atomic E-state index is 0.0791. The summed E-state index contributed by atoms with van der Waals surface area (Å²) in [6.45, 7) is 2.01. The molecule has 2 aromatic carbocycles. The van der Waals surface area contributed by atoms with E-state index in [1.54, 1.807) is 12.1 Å². The molecule has 2 nitrogen and oxygen atoms in total. The molecule has 21 heavy (non-hydrogen) atoms. The number of anilines is 1. The molecule has 2 aromatic rings. The minimum atomic E-state index is -0.495. The number of rotatable bonds is 3. The van der Waals surface area contributed by atoms with Crippen LogP contribution in [0.15, 0.2) is 36.4 Å². The third kappa shape index (κ3) is 3.10. The van der Waals surface area contributed by atoms with Crippen molar-refractivity contribution in [2.24, 2.45) is 0 Å². The molecule has 0 unspecified atom stereocenters. The van der Waals surface area contributed by atoms with E-state index < -0.39 is 11.7 Å².